The SMILES string of the molecule is CN(CCC(O)c1ccc2c(c1)CC(=O)N2)Cc1ccccc1. The number of benzene rings is 2. The van der Waals surface area contributed by atoms with Crippen LogP contribution in [0.5, 0.6) is 0 Å². The van der Waals surface area contributed by atoms with E-state index in [1.807, 2.05) is 36.4 Å². The Morgan fingerprint density at radius 2 is 2.00 bits per heavy atom. The Hall–Kier alpha value is -2.17. The molecule has 120 valence electrons. The number of aliphatic hydroxyl groups excluding tert-OH is 1. The van der Waals surface area contributed by atoms with E-state index in [0.29, 0.717) is 12.8 Å². The number of nitrogens with one attached hydrogen (secondary N) is 1. The molecule has 2 aromatic carbocycles. The average molecular weight is 310 g/mol. The monoisotopic (exact) mass is 310 g/mol. The molecule has 0 saturated carbocycles. The summed E-state index contributed by atoms with van der Waals surface area (Å²) in [7, 11) is 2.06. The summed E-state index contributed by atoms with van der Waals surface area (Å²) in [6, 6.07) is 16.0. The molecule has 4 nitrogen and oxygen atoms in total. The van der Waals surface area contributed by atoms with E-state index >= 15 is 0 Å². The number of nitrogens with zero attached hydrogens (tertiary/aromatic N) is 1. The summed E-state index contributed by atoms with van der Waals surface area (Å²) >= 11 is 0. The number of hydrogen-bond acceptors (Lipinski definition) is 3. The van der Waals surface area contributed by atoms with Crippen LogP contribution in [0.2, 0.25) is 0 Å². The van der Waals surface area contributed by atoms with E-state index in [4.69, 9.17) is 0 Å². The first-order chi connectivity index (χ1) is 11.1. The molecular weight excluding hydrogens is 288 g/mol. The first-order valence-corrected chi connectivity index (χ1v) is 7.95. The number of carbonyl (C=O) groups is 1. The van der Waals surface area contributed by atoms with E-state index < -0.39 is 6.10 Å². The van der Waals surface area contributed by atoms with Crippen molar-refractivity contribution in [3.05, 3.63) is 65.2 Å². The number of amides is 1. The fraction of sp³-hybridized carbons (Fsp3) is 0.316. The van der Waals surface area contributed by atoms with Gasteiger partial charge in [0, 0.05) is 18.8 Å². The molecule has 1 heterocycles. The predicted octanol–water partition coefficient (Wildman–Crippen LogP) is 2.74. The third kappa shape index (κ3) is 3.97. The Labute approximate surface area is 136 Å². The van der Waals surface area contributed by atoms with Gasteiger partial charge >= 0.3 is 0 Å². The Bertz CT molecular complexity index is 685. The maximum atomic E-state index is 11.4. The number of aliphatic hydroxyl groups is 1. The van der Waals surface area contributed by atoms with Gasteiger partial charge in [-0.3, -0.25) is 4.79 Å². The summed E-state index contributed by atoms with van der Waals surface area (Å²) in [5, 5.41) is 13.2. The highest BCUT2D eigenvalue weighted by atomic mass is 16.3. The lowest BCUT2D eigenvalue weighted by Gasteiger charge is -2.19. The molecule has 1 aliphatic heterocycles. The van der Waals surface area contributed by atoms with Crippen molar-refractivity contribution in [1.29, 1.82) is 0 Å². The van der Waals surface area contributed by atoms with E-state index in [1.165, 1.54) is 5.56 Å². The van der Waals surface area contributed by atoms with Crippen molar-refractivity contribution in [2.45, 2.75) is 25.5 Å². The van der Waals surface area contributed by atoms with Gasteiger partial charge in [-0.05, 0) is 36.2 Å². The topological polar surface area (TPSA) is 52.6 Å². The molecule has 0 radical (unpaired) electrons. The lowest BCUT2D eigenvalue weighted by atomic mass is 10.0. The van der Waals surface area contributed by atoms with Crippen LogP contribution in [0.15, 0.2) is 48.5 Å². The molecule has 2 N–H and O–H groups in total. The molecule has 0 bridgehead atoms. The van der Waals surface area contributed by atoms with Crippen molar-refractivity contribution in [2.75, 3.05) is 18.9 Å². The second kappa shape index (κ2) is 6.94. The van der Waals surface area contributed by atoms with Gasteiger partial charge in [-0.2, -0.15) is 0 Å². The van der Waals surface area contributed by atoms with Gasteiger partial charge in [-0.1, -0.05) is 42.5 Å². The van der Waals surface area contributed by atoms with Crippen LogP contribution in [0.4, 0.5) is 5.69 Å². The largest absolute Gasteiger partial charge is 0.388 e. The summed E-state index contributed by atoms with van der Waals surface area (Å²) in [5.74, 6) is 0.0224. The summed E-state index contributed by atoms with van der Waals surface area (Å²) in [6.07, 6.45) is 0.571. The number of hydrogen-bond donors (Lipinski definition) is 2. The highest BCUT2D eigenvalue weighted by Gasteiger charge is 2.19. The summed E-state index contributed by atoms with van der Waals surface area (Å²) in [5.41, 5.74) is 4.00. The van der Waals surface area contributed by atoms with Crippen LogP contribution in [0.25, 0.3) is 0 Å². The maximum Gasteiger partial charge on any atom is 0.228 e. The summed E-state index contributed by atoms with van der Waals surface area (Å²) in [6.45, 7) is 1.68. The number of rotatable bonds is 6. The van der Waals surface area contributed by atoms with Gasteiger partial charge in [0.15, 0.2) is 0 Å². The molecular formula is C19H22N2O2. The van der Waals surface area contributed by atoms with E-state index in [0.717, 1.165) is 29.9 Å². The minimum absolute atomic E-state index is 0.0224. The molecule has 1 amide bonds. The van der Waals surface area contributed by atoms with E-state index in [9.17, 15) is 9.90 Å². The van der Waals surface area contributed by atoms with Crippen LogP contribution in [0, 0.1) is 0 Å². The molecule has 1 atom stereocenters. The number of fused-ring (bicyclic) bond motifs is 1. The molecule has 0 aromatic heterocycles. The third-order valence-corrected chi connectivity index (χ3v) is 4.22. The first-order valence-electron chi connectivity index (χ1n) is 7.95. The standard InChI is InChI=1S/C19H22N2O2/c1-21(13-14-5-3-2-4-6-14)10-9-18(22)15-7-8-17-16(11-15)12-19(23)20-17/h2-8,11,18,22H,9-10,12-13H2,1H3,(H,20,23). The second-order valence-electron chi connectivity index (χ2n) is 6.17. The molecule has 3 rings (SSSR count). The Morgan fingerprint density at radius 3 is 2.78 bits per heavy atom. The zero-order chi connectivity index (χ0) is 16.2. The van der Waals surface area contributed by atoms with E-state index in [1.54, 1.807) is 0 Å². The van der Waals surface area contributed by atoms with Crippen molar-refractivity contribution in [3.8, 4) is 0 Å². The quantitative estimate of drug-likeness (QED) is 0.862. The smallest absolute Gasteiger partial charge is 0.228 e. The van der Waals surface area contributed by atoms with Crippen molar-refractivity contribution in [3.63, 3.8) is 0 Å². The molecule has 23 heavy (non-hydrogen) atoms. The van der Waals surface area contributed by atoms with Crippen LogP contribution in [-0.2, 0) is 17.8 Å². The zero-order valence-corrected chi connectivity index (χ0v) is 13.3. The van der Waals surface area contributed by atoms with E-state index in [-0.39, 0.29) is 5.91 Å². The maximum absolute atomic E-state index is 11.4. The van der Waals surface area contributed by atoms with E-state index in [2.05, 4.69) is 29.4 Å². The number of carbonyl (C=O) groups excluding carboxylic acids is 1. The molecule has 0 spiro atoms. The van der Waals surface area contributed by atoms with Crippen LogP contribution in [0.3, 0.4) is 0 Å². The van der Waals surface area contributed by atoms with Crippen LogP contribution in [0.1, 0.15) is 29.2 Å². The first kappa shape index (κ1) is 15.7. The van der Waals surface area contributed by atoms with Gasteiger partial charge in [-0.25, -0.2) is 0 Å². The van der Waals surface area contributed by atoms with Crippen molar-refractivity contribution >= 4 is 11.6 Å². The van der Waals surface area contributed by atoms with Gasteiger partial charge in [-0.15, -0.1) is 0 Å². The summed E-state index contributed by atoms with van der Waals surface area (Å²) in [4.78, 5) is 13.6. The molecule has 1 unspecified atom stereocenters. The molecule has 0 fully saturated rings. The molecule has 0 aliphatic carbocycles. The zero-order valence-electron chi connectivity index (χ0n) is 13.3. The van der Waals surface area contributed by atoms with Gasteiger partial charge in [0.2, 0.25) is 5.91 Å². The Balaban J connectivity index is 1.54. The van der Waals surface area contributed by atoms with Crippen LogP contribution in [-0.4, -0.2) is 29.5 Å². The molecule has 4 heteroatoms. The minimum Gasteiger partial charge on any atom is -0.388 e. The second-order valence-corrected chi connectivity index (χ2v) is 6.17. The van der Waals surface area contributed by atoms with Gasteiger partial charge < -0.3 is 15.3 Å². The summed E-state index contributed by atoms with van der Waals surface area (Å²) < 4.78 is 0. The lowest BCUT2D eigenvalue weighted by molar-refractivity contribution is -0.115. The van der Waals surface area contributed by atoms with Crippen molar-refractivity contribution < 1.29 is 9.90 Å². The Morgan fingerprint density at radius 1 is 1.22 bits per heavy atom. The highest BCUT2D eigenvalue weighted by molar-refractivity contribution is 5.99. The van der Waals surface area contributed by atoms with Crippen molar-refractivity contribution in [2.24, 2.45) is 0 Å². The average Bonchev–Trinajstić information content (AvgIpc) is 2.92. The van der Waals surface area contributed by atoms with Crippen molar-refractivity contribution in [1.82, 2.24) is 4.90 Å². The van der Waals surface area contributed by atoms with Crippen LogP contribution < -0.4 is 5.32 Å². The fourth-order valence-corrected chi connectivity index (χ4v) is 2.94. The van der Waals surface area contributed by atoms with Gasteiger partial charge in [0.05, 0.1) is 12.5 Å². The highest BCUT2D eigenvalue weighted by Crippen LogP contribution is 2.27. The fourth-order valence-electron chi connectivity index (χ4n) is 2.94. The Kier molecular flexibility index (Phi) is 4.74. The van der Waals surface area contributed by atoms with Gasteiger partial charge in [0.1, 0.15) is 0 Å². The molecule has 1 aliphatic rings. The molecule has 2 aromatic rings. The lowest BCUT2D eigenvalue weighted by Crippen LogP contribution is -2.20. The number of anilines is 1. The predicted molar refractivity (Wildman–Crippen MR) is 91.1 cm³/mol. The van der Waals surface area contributed by atoms with Gasteiger partial charge in [0.25, 0.3) is 0 Å². The normalized spacial score (nSPS) is 14.7. The third-order valence-electron chi connectivity index (χ3n) is 4.22. The minimum atomic E-state index is -0.505. The van der Waals surface area contributed by atoms with Crippen LogP contribution >= 0.6 is 0 Å². The molecule has 0 saturated heterocycles.